The first kappa shape index (κ1) is 27.1. The molecule has 0 aromatic heterocycles. The highest BCUT2D eigenvalue weighted by Crippen LogP contribution is 2.40. The van der Waals surface area contributed by atoms with Crippen LogP contribution in [-0.4, -0.2) is 43.7 Å². The highest BCUT2D eigenvalue weighted by molar-refractivity contribution is 5.99. The number of fused-ring (bicyclic) bond motifs is 1. The quantitative estimate of drug-likeness (QED) is 0.246. The summed E-state index contributed by atoms with van der Waals surface area (Å²) in [4.78, 5) is 11.6. The Morgan fingerprint density at radius 1 is 0.947 bits per heavy atom. The molecule has 2 atom stereocenters. The van der Waals surface area contributed by atoms with E-state index in [1.165, 1.54) is 6.92 Å². The van der Waals surface area contributed by atoms with Crippen molar-refractivity contribution in [2.24, 2.45) is 0 Å². The average Bonchev–Trinajstić information content (AvgIpc) is 3.40. The molecular formula is C31H35NO6. The van der Waals surface area contributed by atoms with Crippen molar-refractivity contribution in [1.29, 1.82) is 0 Å². The molecule has 0 saturated heterocycles. The Balaban J connectivity index is 1.67. The van der Waals surface area contributed by atoms with E-state index in [0.717, 1.165) is 52.2 Å². The number of likely N-dealkylation sites (N-methyl/N-ethyl adjacent to an activating group) is 1. The second kappa shape index (κ2) is 12.5. The second-order valence-corrected chi connectivity index (χ2v) is 9.11. The summed E-state index contributed by atoms with van der Waals surface area (Å²) >= 11 is 0. The van der Waals surface area contributed by atoms with Crippen LogP contribution in [0.3, 0.4) is 0 Å². The molecule has 2 unspecified atom stereocenters. The van der Waals surface area contributed by atoms with Crippen LogP contribution < -0.4 is 19.5 Å². The highest BCUT2D eigenvalue weighted by atomic mass is 16.7. The highest BCUT2D eigenvalue weighted by Gasteiger charge is 2.23. The smallest absolute Gasteiger partial charge is 0.303 e. The van der Waals surface area contributed by atoms with E-state index in [1.54, 1.807) is 12.1 Å². The van der Waals surface area contributed by atoms with Gasteiger partial charge in [-0.15, -0.1) is 0 Å². The molecule has 7 heteroatoms. The molecule has 0 spiro atoms. The number of ether oxygens (including phenoxy) is 4. The van der Waals surface area contributed by atoms with Gasteiger partial charge in [-0.1, -0.05) is 44.2 Å². The standard InChI is InChI=1S/C31H35NO6/c1-5-26(23-11-16-28-29(17-23)37-19-36-28)31(21-7-12-24(34)13-8-21)22-9-14-25(15-10-22)35-18-30(38-20(3)33)27(6-2)32-4/h7-17,27,30,32,34H,5-6,18-19H2,1-4H3. The number of benzene rings is 3. The van der Waals surface area contributed by atoms with Gasteiger partial charge in [0.2, 0.25) is 6.79 Å². The zero-order valence-corrected chi connectivity index (χ0v) is 22.3. The van der Waals surface area contributed by atoms with E-state index in [9.17, 15) is 9.90 Å². The number of carbonyl (C=O) groups excluding carboxylic acids is 1. The van der Waals surface area contributed by atoms with Gasteiger partial charge in [-0.25, -0.2) is 0 Å². The van der Waals surface area contributed by atoms with Crippen LogP contribution in [0.5, 0.6) is 23.0 Å². The summed E-state index contributed by atoms with van der Waals surface area (Å²) in [5, 5.41) is 13.1. The lowest BCUT2D eigenvalue weighted by atomic mass is 9.88. The van der Waals surface area contributed by atoms with Crippen molar-refractivity contribution in [2.45, 2.75) is 45.8 Å². The molecule has 1 aliphatic heterocycles. The summed E-state index contributed by atoms with van der Waals surface area (Å²) in [5.41, 5.74) is 5.23. The van der Waals surface area contributed by atoms with E-state index < -0.39 is 6.10 Å². The molecule has 1 heterocycles. The van der Waals surface area contributed by atoms with Gasteiger partial charge < -0.3 is 29.4 Å². The number of hydrogen-bond donors (Lipinski definition) is 2. The van der Waals surface area contributed by atoms with E-state index in [-0.39, 0.29) is 31.2 Å². The average molecular weight is 518 g/mol. The van der Waals surface area contributed by atoms with Gasteiger partial charge >= 0.3 is 5.97 Å². The van der Waals surface area contributed by atoms with Crippen molar-refractivity contribution in [3.05, 3.63) is 83.4 Å². The molecule has 3 aromatic carbocycles. The van der Waals surface area contributed by atoms with Crippen molar-refractivity contribution in [3.8, 4) is 23.0 Å². The fourth-order valence-electron chi connectivity index (χ4n) is 4.75. The first-order chi connectivity index (χ1) is 18.4. The Hall–Kier alpha value is -3.97. The van der Waals surface area contributed by atoms with Gasteiger partial charge in [0.1, 0.15) is 18.1 Å². The second-order valence-electron chi connectivity index (χ2n) is 9.11. The molecule has 3 aromatic rings. The third-order valence-corrected chi connectivity index (χ3v) is 6.67. The summed E-state index contributed by atoms with van der Waals surface area (Å²) in [6.07, 6.45) is 1.19. The predicted octanol–water partition coefficient (Wildman–Crippen LogP) is 5.80. The molecular weight excluding hydrogens is 482 g/mol. The first-order valence-corrected chi connectivity index (χ1v) is 12.9. The number of allylic oxidation sites excluding steroid dienone is 1. The van der Waals surface area contributed by atoms with Crippen LogP contribution in [0.1, 0.15) is 50.3 Å². The van der Waals surface area contributed by atoms with Gasteiger partial charge in [0.25, 0.3) is 0 Å². The molecule has 0 amide bonds. The fraction of sp³-hybridized carbons (Fsp3) is 0.323. The number of phenolic OH excluding ortho intramolecular Hbond substituents is 1. The molecule has 0 fully saturated rings. The Bertz CT molecular complexity index is 1260. The summed E-state index contributed by atoms with van der Waals surface area (Å²) in [6.45, 7) is 6.04. The predicted molar refractivity (Wildman–Crippen MR) is 148 cm³/mol. The summed E-state index contributed by atoms with van der Waals surface area (Å²) in [6, 6.07) is 21.1. The topological polar surface area (TPSA) is 86.2 Å². The van der Waals surface area contributed by atoms with Crippen molar-refractivity contribution >= 4 is 17.1 Å². The molecule has 7 nitrogen and oxygen atoms in total. The van der Waals surface area contributed by atoms with Crippen LogP contribution in [-0.2, 0) is 9.53 Å². The van der Waals surface area contributed by atoms with Crippen LogP contribution in [0.2, 0.25) is 0 Å². The van der Waals surface area contributed by atoms with E-state index in [4.69, 9.17) is 18.9 Å². The van der Waals surface area contributed by atoms with Gasteiger partial charge in [0, 0.05) is 13.0 Å². The first-order valence-electron chi connectivity index (χ1n) is 12.9. The van der Waals surface area contributed by atoms with Gasteiger partial charge in [0.15, 0.2) is 17.6 Å². The third-order valence-electron chi connectivity index (χ3n) is 6.67. The van der Waals surface area contributed by atoms with E-state index in [0.29, 0.717) is 5.75 Å². The monoisotopic (exact) mass is 517 g/mol. The molecule has 0 radical (unpaired) electrons. The Morgan fingerprint density at radius 3 is 2.18 bits per heavy atom. The minimum absolute atomic E-state index is 0.00369. The van der Waals surface area contributed by atoms with E-state index in [2.05, 4.69) is 12.2 Å². The molecule has 2 N–H and O–H groups in total. The van der Waals surface area contributed by atoms with Crippen molar-refractivity contribution in [3.63, 3.8) is 0 Å². The van der Waals surface area contributed by atoms with Crippen LogP contribution in [0.4, 0.5) is 0 Å². The van der Waals surface area contributed by atoms with Crippen LogP contribution >= 0.6 is 0 Å². The van der Waals surface area contributed by atoms with Gasteiger partial charge in [-0.3, -0.25) is 4.79 Å². The largest absolute Gasteiger partial charge is 0.508 e. The molecule has 200 valence electrons. The zero-order valence-electron chi connectivity index (χ0n) is 22.3. The third kappa shape index (κ3) is 6.29. The maximum atomic E-state index is 11.6. The molecule has 0 bridgehead atoms. The lowest BCUT2D eigenvalue weighted by Gasteiger charge is -2.25. The SMILES string of the molecule is CCC(=C(c1ccc(O)cc1)c1ccc(OCC(OC(C)=O)C(CC)NC)cc1)c1ccc2c(c1)OCO2. The Labute approximate surface area is 224 Å². The molecule has 38 heavy (non-hydrogen) atoms. The summed E-state index contributed by atoms with van der Waals surface area (Å²) in [7, 11) is 1.85. The van der Waals surface area contributed by atoms with Gasteiger partial charge in [-0.2, -0.15) is 0 Å². The number of hydrogen-bond acceptors (Lipinski definition) is 7. The fourth-order valence-corrected chi connectivity index (χ4v) is 4.75. The van der Waals surface area contributed by atoms with E-state index in [1.807, 2.05) is 68.6 Å². The maximum Gasteiger partial charge on any atom is 0.303 e. The van der Waals surface area contributed by atoms with Crippen molar-refractivity contribution in [1.82, 2.24) is 5.32 Å². The molecule has 4 rings (SSSR count). The zero-order chi connectivity index (χ0) is 27.1. The van der Waals surface area contributed by atoms with Gasteiger partial charge in [0.05, 0.1) is 0 Å². The Morgan fingerprint density at radius 2 is 1.58 bits per heavy atom. The minimum atomic E-state index is -0.396. The minimum Gasteiger partial charge on any atom is -0.508 e. The van der Waals surface area contributed by atoms with Crippen LogP contribution in [0, 0.1) is 0 Å². The number of esters is 1. The Kier molecular flexibility index (Phi) is 8.92. The number of aromatic hydroxyl groups is 1. The number of nitrogens with one attached hydrogen (secondary N) is 1. The van der Waals surface area contributed by atoms with E-state index >= 15 is 0 Å². The lowest BCUT2D eigenvalue weighted by Crippen LogP contribution is -2.43. The van der Waals surface area contributed by atoms with Crippen LogP contribution in [0.25, 0.3) is 11.1 Å². The number of rotatable bonds is 11. The van der Waals surface area contributed by atoms with Gasteiger partial charge in [-0.05, 0) is 84.1 Å². The van der Waals surface area contributed by atoms with Crippen LogP contribution in [0.15, 0.2) is 66.7 Å². The molecule has 0 aliphatic carbocycles. The molecule has 0 saturated carbocycles. The van der Waals surface area contributed by atoms with Crippen molar-refractivity contribution < 1.29 is 28.8 Å². The number of carbonyl (C=O) groups is 1. The summed E-state index contributed by atoms with van der Waals surface area (Å²) in [5.74, 6) is 2.04. The lowest BCUT2D eigenvalue weighted by molar-refractivity contribution is -0.149. The van der Waals surface area contributed by atoms with Crippen molar-refractivity contribution in [2.75, 3.05) is 20.4 Å². The summed E-state index contributed by atoms with van der Waals surface area (Å²) < 4.78 is 22.7. The molecule has 1 aliphatic rings. The normalized spacial score (nSPS) is 14.4. The number of phenols is 1. The maximum absolute atomic E-state index is 11.6.